The van der Waals surface area contributed by atoms with Crippen molar-refractivity contribution in [2.24, 2.45) is 5.92 Å². The van der Waals surface area contributed by atoms with Gasteiger partial charge in [-0.05, 0) is 43.5 Å². The predicted molar refractivity (Wildman–Crippen MR) is 108 cm³/mol. The zero-order chi connectivity index (χ0) is 21.3. The first-order valence-corrected chi connectivity index (χ1v) is 11.5. The van der Waals surface area contributed by atoms with Crippen LogP contribution in [0, 0.1) is 11.7 Å². The summed E-state index contributed by atoms with van der Waals surface area (Å²) in [4.78, 5) is 23.9. The number of rotatable bonds is 10. The summed E-state index contributed by atoms with van der Waals surface area (Å²) in [5.41, 5.74) is 0. The molecular weight excluding hydrogens is 397 g/mol. The third-order valence-corrected chi connectivity index (χ3v) is 6.99. The van der Waals surface area contributed by atoms with Gasteiger partial charge in [0.15, 0.2) is 0 Å². The normalized spacial score (nSPS) is 15.3. The van der Waals surface area contributed by atoms with E-state index in [-0.39, 0.29) is 35.6 Å². The smallest absolute Gasteiger partial charge is 0.242 e. The highest BCUT2D eigenvalue weighted by atomic mass is 32.2. The topological polar surface area (TPSA) is 95.6 Å². The first-order valence-electron chi connectivity index (χ1n) is 10.1. The minimum Gasteiger partial charge on any atom is -0.354 e. The number of halogens is 1. The number of hydrogen-bond acceptors (Lipinski definition) is 4. The van der Waals surface area contributed by atoms with Crippen LogP contribution >= 0.6 is 0 Å². The fraction of sp³-hybridized carbons (Fsp3) is 0.600. The molecule has 0 spiro atoms. The highest BCUT2D eigenvalue weighted by molar-refractivity contribution is 7.89. The van der Waals surface area contributed by atoms with Gasteiger partial charge in [0.25, 0.3) is 0 Å². The molecule has 2 amide bonds. The van der Waals surface area contributed by atoms with Crippen molar-refractivity contribution in [2.45, 2.75) is 49.8 Å². The van der Waals surface area contributed by atoms with Gasteiger partial charge >= 0.3 is 0 Å². The van der Waals surface area contributed by atoms with E-state index in [1.54, 1.807) is 0 Å². The molecule has 0 unspecified atom stereocenters. The van der Waals surface area contributed by atoms with Crippen molar-refractivity contribution in [1.29, 1.82) is 0 Å². The van der Waals surface area contributed by atoms with E-state index in [0.29, 0.717) is 19.5 Å². The standard InChI is InChI=1S/C20H30FN3O4S/c1-24(29(27,28)18-11-9-17(21)10-12-18)15-5-8-19(25)22-13-14-23-20(26)16-6-3-2-4-7-16/h9-12,16H,2-8,13-15H2,1H3,(H,22,25)(H,23,26). The van der Waals surface area contributed by atoms with Crippen molar-refractivity contribution in [2.75, 3.05) is 26.7 Å². The third-order valence-electron chi connectivity index (χ3n) is 5.12. The summed E-state index contributed by atoms with van der Waals surface area (Å²) in [7, 11) is -2.28. The molecule has 1 aromatic rings. The van der Waals surface area contributed by atoms with Crippen LogP contribution in [0.2, 0.25) is 0 Å². The lowest BCUT2D eigenvalue weighted by molar-refractivity contribution is -0.126. The Hall–Kier alpha value is -2.00. The lowest BCUT2D eigenvalue weighted by atomic mass is 9.89. The molecule has 2 N–H and O–H groups in total. The van der Waals surface area contributed by atoms with Gasteiger partial charge < -0.3 is 10.6 Å². The summed E-state index contributed by atoms with van der Waals surface area (Å²) in [6.07, 6.45) is 5.80. The molecule has 0 aromatic heterocycles. The fourth-order valence-electron chi connectivity index (χ4n) is 3.35. The maximum Gasteiger partial charge on any atom is 0.242 e. The first-order chi connectivity index (χ1) is 13.8. The van der Waals surface area contributed by atoms with Crippen molar-refractivity contribution in [3.63, 3.8) is 0 Å². The number of nitrogens with zero attached hydrogens (tertiary/aromatic N) is 1. The number of hydrogen-bond donors (Lipinski definition) is 2. The molecule has 162 valence electrons. The highest BCUT2D eigenvalue weighted by Crippen LogP contribution is 2.23. The van der Waals surface area contributed by atoms with Gasteiger partial charge in [0.2, 0.25) is 21.8 Å². The maximum atomic E-state index is 13.0. The Morgan fingerprint density at radius 2 is 1.69 bits per heavy atom. The molecule has 1 aliphatic rings. The average molecular weight is 428 g/mol. The second kappa shape index (κ2) is 11.3. The molecule has 0 heterocycles. The molecule has 7 nitrogen and oxygen atoms in total. The SMILES string of the molecule is CN(CCCC(=O)NCCNC(=O)C1CCCCC1)S(=O)(=O)c1ccc(F)cc1. The van der Waals surface area contributed by atoms with Gasteiger partial charge in [-0.2, -0.15) is 0 Å². The van der Waals surface area contributed by atoms with Crippen molar-refractivity contribution in [3.05, 3.63) is 30.1 Å². The Labute approximate surface area is 172 Å². The van der Waals surface area contributed by atoms with Crippen LogP contribution in [0.5, 0.6) is 0 Å². The summed E-state index contributed by atoms with van der Waals surface area (Å²) in [5.74, 6) is -0.535. The van der Waals surface area contributed by atoms with E-state index in [4.69, 9.17) is 0 Å². The van der Waals surface area contributed by atoms with Gasteiger partial charge in [0.1, 0.15) is 5.82 Å². The van der Waals surface area contributed by atoms with E-state index in [1.807, 2.05) is 0 Å². The van der Waals surface area contributed by atoms with E-state index in [0.717, 1.165) is 42.1 Å². The van der Waals surface area contributed by atoms with Gasteiger partial charge in [0, 0.05) is 39.0 Å². The Balaban J connectivity index is 1.62. The maximum absolute atomic E-state index is 13.0. The fourth-order valence-corrected chi connectivity index (χ4v) is 4.56. The van der Waals surface area contributed by atoms with Crippen LogP contribution in [-0.4, -0.2) is 51.2 Å². The molecule has 0 saturated heterocycles. The molecule has 0 aliphatic heterocycles. The van der Waals surface area contributed by atoms with Crippen LogP contribution in [0.1, 0.15) is 44.9 Å². The van der Waals surface area contributed by atoms with Gasteiger partial charge in [-0.3, -0.25) is 9.59 Å². The quantitative estimate of drug-likeness (QED) is 0.559. The highest BCUT2D eigenvalue weighted by Gasteiger charge is 2.21. The molecule has 1 aromatic carbocycles. The van der Waals surface area contributed by atoms with Crippen LogP contribution in [0.4, 0.5) is 4.39 Å². The molecule has 9 heteroatoms. The minimum absolute atomic E-state index is 0.0135. The zero-order valence-electron chi connectivity index (χ0n) is 16.8. The Morgan fingerprint density at radius 3 is 2.34 bits per heavy atom. The van der Waals surface area contributed by atoms with Gasteiger partial charge in [-0.15, -0.1) is 0 Å². The largest absolute Gasteiger partial charge is 0.354 e. The number of nitrogens with one attached hydrogen (secondary N) is 2. The Bertz CT molecular complexity index is 777. The van der Waals surface area contributed by atoms with Crippen molar-refractivity contribution in [3.8, 4) is 0 Å². The summed E-state index contributed by atoms with van der Waals surface area (Å²) in [5, 5.41) is 5.58. The number of carbonyl (C=O) groups is 2. The van der Waals surface area contributed by atoms with Crippen molar-refractivity contribution in [1.82, 2.24) is 14.9 Å². The third kappa shape index (κ3) is 7.40. The molecule has 0 bridgehead atoms. The van der Waals surface area contributed by atoms with Crippen molar-refractivity contribution < 1.29 is 22.4 Å². The van der Waals surface area contributed by atoms with Crippen LogP contribution in [0.15, 0.2) is 29.2 Å². The van der Waals surface area contributed by atoms with E-state index in [2.05, 4.69) is 10.6 Å². The number of benzene rings is 1. The van der Waals surface area contributed by atoms with Crippen LogP contribution in [-0.2, 0) is 19.6 Å². The molecule has 0 atom stereocenters. The van der Waals surface area contributed by atoms with Crippen LogP contribution in [0.25, 0.3) is 0 Å². The molecule has 2 rings (SSSR count). The molecular formula is C20H30FN3O4S. The molecule has 1 saturated carbocycles. The molecule has 29 heavy (non-hydrogen) atoms. The van der Waals surface area contributed by atoms with E-state index < -0.39 is 15.8 Å². The monoisotopic (exact) mass is 427 g/mol. The lowest BCUT2D eigenvalue weighted by Crippen LogP contribution is -2.38. The summed E-state index contributed by atoms with van der Waals surface area (Å²) >= 11 is 0. The summed E-state index contributed by atoms with van der Waals surface area (Å²) in [6.45, 7) is 0.909. The van der Waals surface area contributed by atoms with Crippen LogP contribution < -0.4 is 10.6 Å². The predicted octanol–water partition coefficient (Wildman–Crippen LogP) is 2.04. The van der Waals surface area contributed by atoms with Gasteiger partial charge in [-0.25, -0.2) is 17.1 Å². The average Bonchev–Trinajstić information content (AvgIpc) is 2.72. The summed E-state index contributed by atoms with van der Waals surface area (Å²) in [6, 6.07) is 4.63. The minimum atomic E-state index is -3.71. The number of carbonyl (C=O) groups excluding carboxylic acids is 2. The second-order valence-electron chi connectivity index (χ2n) is 7.36. The molecule has 1 aliphatic carbocycles. The van der Waals surface area contributed by atoms with E-state index in [1.165, 1.54) is 25.6 Å². The second-order valence-corrected chi connectivity index (χ2v) is 9.40. The van der Waals surface area contributed by atoms with Crippen molar-refractivity contribution >= 4 is 21.8 Å². The van der Waals surface area contributed by atoms with Gasteiger partial charge in [0.05, 0.1) is 4.90 Å². The van der Waals surface area contributed by atoms with E-state index >= 15 is 0 Å². The van der Waals surface area contributed by atoms with Crippen LogP contribution in [0.3, 0.4) is 0 Å². The number of sulfonamides is 1. The zero-order valence-corrected chi connectivity index (χ0v) is 17.6. The number of amides is 2. The Morgan fingerprint density at radius 1 is 1.07 bits per heavy atom. The molecule has 0 radical (unpaired) electrons. The summed E-state index contributed by atoms with van der Waals surface area (Å²) < 4.78 is 38.9. The lowest BCUT2D eigenvalue weighted by Gasteiger charge is -2.20. The Kier molecular flexibility index (Phi) is 9.03. The molecule has 1 fully saturated rings. The first kappa shape index (κ1) is 23.3. The van der Waals surface area contributed by atoms with E-state index in [9.17, 15) is 22.4 Å². The van der Waals surface area contributed by atoms with Gasteiger partial charge in [-0.1, -0.05) is 19.3 Å².